The average molecular weight is 383 g/mol. The molecule has 1 aromatic carbocycles. The predicted octanol–water partition coefficient (Wildman–Crippen LogP) is 2.00. The van der Waals surface area contributed by atoms with Gasteiger partial charge in [-0.25, -0.2) is 0 Å². The van der Waals surface area contributed by atoms with Crippen LogP contribution in [0.2, 0.25) is 0 Å². The van der Waals surface area contributed by atoms with E-state index in [0.29, 0.717) is 31.1 Å². The summed E-state index contributed by atoms with van der Waals surface area (Å²) in [6.07, 6.45) is 5.42. The Hall–Kier alpha value is -2.41. The molecule has 4 rings (SSSR count). The zero-order valence-electron chi connectivity index (χ0n) is 16.4. The van der Waals surface area contributed by atoms with Crippen LogP contribution in [0.15, 0.2) is 24.4 Å². The summed E-state index contributed by atoms with van der Waals surface area (Å²) in [5.74, 6) is 0.645. The minimum absolute atomic E-state index is 0.0109. The van der Waals surface area contributed by atoms with E-state index in [-0.39, 0.29) is 23.8 Å². The fourth-order valence-corrected chi connectivity index (χ4v) is 4.62. The molecule has 2 aliphatic rings. The van der Waals surface area contributed by atoms with Gasteiger partial charge in [-0.3, -0.25) is 14.7 Å². The molecule has 28 heavy (non-hydrogen) atoms. The van der Waals surface area contributed by atoms with Crippen molar-refractivity contribution in [3.63, 3.8) is 0 Å². The highest BCUT2D eigenvalue weighted by atomic mass is 16.2. The van der Waals surface area contributed by atoms with Gasteiger partial charge in [0.1, 0.15) is 0 Å². The van der Waals surface area contributed by atoms with E-state index in [9.17, 15) is 9.59 Å². The standard InChI is InChI=1S/C21H29N5O2/c1-14-6-8-26(18(9-14)11-22)21(28)16-3-2-7-25(13-16)20(27)15-4-5-19-17(10-15)12-23-24-19/h4-5,10,12,14,16,18H,2-3,6-9,11,13,22H2,1H3,(H,23,24). The number of amides is 2. The maximum absolute atomic E-state index is 13.2. The lowest BCUT2D eigenvalue weighted by molar-refractivity contribution is -0.141. The van der Waals surface area contributed by atoms with Crippen molar-refractivity contribution >= 4 is 22.7 Å². The van der Waals surface area contributed by atoms with Crippen LogP contribution in [0.5, 0.6) is 0 Å². The number of likely N-dealkylation sites (tertiary alicyclic amines) is 2. The number of rotatable bonds is 3. The van der Waals surface area contributed by atoms with Crippen LogP contribution in [0.1, 0.15) is 43.0 Å². The van der Waals surface area contributed by atoms with E-state index in [2.05, 4.69) is 17.1 Å². The van der Waals surface area contributed by atoms with Crippen molar-refractivity contribution in [2.45, 2.75) is 38.6 Å². The van der Waals surface area contributed by atoms with Crippen molar-refractivity contribution < 1.29 is 9.59 Å². The lowest BCUT2D eigenvalue weighted by Crippen LogP contribution is -2.54. The fourth-order valence-electron chi connectivity index (χ4n) is 4.62. The largest absolute Gasteiger partial charge is 0.338 e. The highest BCUT2D eigenvalue weighted by Gasteiger charge is 2.36. The van der Waals surface area contributed by atoms with Crippen LogP contribution in [-0.2, 0) is 4.79 Å². The Kier molecular flexibility index (Phi) is 5.35. The van der Waals surface area contributed by atoms with E-state index in [1.807, 2.05) is 28.0 Å². The Labute approximate surface area is 165 Å². The molecular weight excluding hydrogens is 354 g/mol. The quantitative estimate of drug-likeness (QED) is 0.847. The van der Waals surface area contributed by atoms with Crippen LogP contribution in [0.25, 0.3) is 10.9 Å². The van der Waals surface area contributed by atoms with Gasteiger partial charge >= 0.3 is 0 Å². The molecule has 2 amide bonds. The van der Waals surface area contributed by atoms with Gasteiger partial charge in [-0.05, 0) is 49.8 Å². The number of fused-ring (bicyclic) bond motifs is 1. The van der Waals surface area contributed by atoms with Crippen LogP contribution < -0.4 is 5.73 Å². The summed E-state index contributed by atoms with van der Waals surface area (Å²) in [4.78, 5) is 30.0. The van der Waals surface area contributed by atoms with E-state index in [1.165, 1.54) is 0 Å². The van der Waals surface area contributed by atoms with E-state index in [1.54, 1.807) is 6.20 Å². The van der Waals surface area contributed by atoms with Crippen LogP contribution in [0, 0.1) is 11.8 Å². The lowest BCUT2D eigenvalue weighted by Gasteiger charge is -2.41. The number of nitrogens with zero attached hydrogens (tertiary/aromatic N) is 3. The van der Waals surface area contributed by atoms with Gasteiger partial charge in [0.15, 0.2) is 0 Å². The molecule has 0 spiro atoms. The molecule has 0 saturated carbocycles. The molecule has 7 heteroatoms. The predicted molar refractivity (Wildman–Crippen MR) is 108 cm³/mol. The molecule has 2 fully saturated rings. The monoisotopic (exact) mass is 383 g/mol. The number of nitrogens with two attached hydrogens (primary N) is 1. The van der Waals surface area contributed by atoms with E-state index in [4.69, 9.17) is 5.73 Å². The normalized spacial score (nSPS) is 25.9. The van der Waals surface area contributed by atoms with Crippen molar-refractivity contribution in [1.29, 1.82) is 0 Å². The van der Waals surface area contributed by atoms with E-state index < -0.39 is 0 Å². The van der Waals surface area contributed by atoms with Gasteiger partial charge in [-0.15, -0.1) is 0 Å². The Balaban J connectivity index is 1.46. The van der Waals surface area contributed by atoms with Crippen LogP contribution in [0.4, 0.5) is 0 Å². The zero-order valence-corrected chi connectivity index (χ0v) is 16.4. The van der Waals surface area contributed by atoms with Gasteiger partial charge < -0.3 is 15.5 Å². The van der Waals surface area contributed by atoms with Crippen molar-refractivity contribution in [3.8, 4) is 0 Å². The summed E-state index contributed by atoms with van der Waals surface area (Å²) in [6, 6.07) is 5.70. The number of hydrogen-bond donors (Lipinski definition) is 2. The van der Waals surface area contributed by atoms with Crippen molar-refractivity contribution in [2.24, 2.45) is 17.6 Å². The van der Waals surface area contributed by atoms with Gasteiger partial charge in [0.05, 0.1) is 17.6 Å². The topological polar surface area (TPSA) is 95.3 Å². The highest BCUT2D eigenvalue weighted by molar-refractivity contribution is 5.98. The molecule has 0 bridgehead atoms. The van der Waals surface area contributed by atoms with Gasteiger partial charge in [-0.2, -0.15) is 5.10 Å². The molecule has 0 radical (unpaired) electrons. The third-order valence-corrected chi connectivity index (χ3v) is 6.28. The van der Waals surface area contributed by atoms with E-state index >= 15 is 0 Å². The molecule has 1 aromatic heterocycles. The number of H-pyrrole nitrogens is 1. The Bertz CT molecular complexity index is 863. The van der Waals surface area contributed by atoms with Gasteiger partial charge in [0, 0.05) is 43.2 Å². The summed E-state index contributed by atoms with van der Waals surface area (Å²) in [5.41, 5.74) is 7.50. The number of benzene rings is 1. The lowest BCUT2D eigenvalue weighted by atomic mass is 9.89. The third-order valence-electron chi connectivity index (χ3n) is 6.28. The average Bonchev–Trinajstić information content (AvgIpc) is 3.20. The molecule has 150 valence electrons. The Morgan fingerprint density at radius 2 is 2.14 bits per heavy atom. The number of nitrogens with one attached hydrogen (secondary N) is 1. The number of aromatic nitrogens is 2. The Morgan fingerprint density at radius 1 is 1.29 bits per heavy atom. The Morgan fingerprint density at radius 3 is 2.96 bits per heavy atom. The summed E-state index contributed by atoms with van der Waals surface area (Å²) in [6.45, 7) is 4.70. The van der Waals surface area contributed by atoms with Crippen LogP contribution in [-0.4, -0.2) is 64.0 Å². The molecule has 7 nitrogen and oxygen atoms in total. The number of piperidine rings is 2. The summed E-state index contributed by atoms with van der Waals surface area (Å²) in [5, 5.41) is 7.83. The van der Waals surface area contributed by atoms with Crippen molar-refractivity contribution in [1.82, 2.24) is 20.0 Å². The maximum Gasteiger partial charge on any atom is 0.253 e. The van der Waals surface area contributed by atoms with Gasteiger partial charge in [-0.1, -0.05) is 6.92 Å². The number of carbonyl (C=O) groups excluding carboxylic acids is 2. The first-order chi connectivity index (χ1) is 13.6. The molecule has 2 aliphatic heterocycles. The van der Waals surface area contributed by atoms with Gasteiger partial charge in [0.2, 0.25) is 5.91 Å². The number of aromatic amines is 1. The first-order valence-electron chi connectivity index (χ1n) is 10.3. The second-order valence-electron chi connectivity index (χ2n) is 8.31. The molecule has 0 aliphatic carbocycles. The van der Waals surface area contributed by atoms with Gasteiger partial charge in [0.25, 0.3) is 5.91 Å². The molecule has 3 heterocycles. The van der Waals surface area contributed by atoms with Crippen molar-refractivity contribution in [3.05, 3.63) is 30.0 Å². The maximum atomic E-state index is 13.2. The number of carbonyl (C=O) groups is 2. The highest BCUT2D eigenvalue weighted by Crippen LogP contribution is 2.27. The minimum atomic E-state index is -0.127. The zero-order chi connectivity index (χ0) is 19.7. The first-order valence-corrected chi connectivity index (χ1v) is 10.3. The summed E-state index contributed by atoms with van der Waals surface area (Å²) >= 11 is 0. The smallest absolute Gasteiger partial charge is 0.253 e. The molecule has 3 atom stereocenters. The first kappa shape index (κ1) is 18.9. The molecule has 3 unspecified atom stereocenters. The molecular formula is C21H29N5O2. The molecule has 2 saturated heterocycles. The van der Waals surface area contributed by atoms with Crippen molar-refractivity contribution in [2.75, 3.05) is 26.2 Å². The number of hydrogen-bond acceptors (Lipinski definition) is 4. The summed E-state index contributed by atoms with van der Waals surface area (Å²) in [7, 11) is 0. The van der Waals surface area contributed by atoms with E-state index in [0.717, 1.165) is 43.1 Å². The second kappa shape index (κ2) is 7.91. The summed E-state index contributed by atoms with van der Waals surface area (Å²) < 4.78 is 0. The second-order valence-corrected chi connectivity index (χ2v) is 8.31. The molecule has 3 N–H and O–H groups in total. The molecule has 2 aromatic rings. The van der Waals surface area contributed by atoms with Crippen LogP contribution >= 0.6 is 0 Å². The van der Waals surface area contributed by atoms with Crippen LogP contribution in [0.3, 0.4) is 0 Å². The third kappa shape index (κ3) is 3.63. The SMILES string of the molecule is CC1CCN(C(=O)C2CCCN(C(=O)c3ccc4[nH]ncc4c3)C2)C(CN)C1. The minimum Gasteiger partial charge on any atom is -0.338 e. The fraction of sp³-hybridized carbons (Fsp3) is 0.571.